The predicted octanol–water partition coefficient (Wildman–Crippen LogP) is 3.70. The van der Waals surface area contributed by atoms with Crippen LogP contribution < -0.4 is 10.6 Å². The lowest BCUT2D eigenvalue weighted by atomic mass is 10.1. The smallest absolute Gasteiger partial charge is 0.315 e. The molecule has 3 N–H and O–H groups in total. The maximum absolute atomic E-state index is 13.4. The number of rotatable bonds is 9. The van der Waals surface area contributed by atoms with Crippen LogP contribution in [0.2, 0.25) is 0 Å². The van der Waals surface area contributed by atoms with Crippen molar-refractivity contribution in [2.45, 2.75) is 38.6 Å². The molecule has 1 aromatic carbocycles. The highest BCUT2D eigenvalue weighted by Gasteiger charge is 2.05. The second-order valence-corrected chi connectivity index (χ2v) is 6.41. The summed E-state index contributed by atoms with van der Waals surface area (Å²) in [6.45, 7) is 0.678. The first-order chi connectivity index (χ1) is 13.2. The molecule has 3 rings (SSSR count). The van der Waals surface area contributed by atoms with Gasteiger partial charge in [0.2, 0.25) is 0 Å². The number of benzene rings is 1. The van der Waals surface area contributed by atoms with Crippen LogP contribution in [0.25, 0.3) is 11.0 Å². The van der Waals surface area contributed by atoms with E-state index in [-0.39, 0.29) is 18.3 Å². The lowest BCUT2D eigenvalue weighted by Gasteiger charge is -2.07. The molecule has 0 aliphatic carbocycles. The van der Waals surface area contributed by atoms with Gasteiger partial charge in [0.05, 0.1) is 23.3 Å². The number of nitrogens with one attached hydrogen (secondary N) is 3. The number of amides is 2. The number of carbonyl (C=O) groups excluding carboxylic acids is 1. The first-order valence-electron chi connectivity index (χ1n) is 9.27. The molecule has 0 bridgehead atoms. The van der Waals surface area contributed by atoms with Gasteiger partial charge < -0.3 is 15.6 Å². The Balaban J connectivity index is 1.24. The molecule has 142 valence electrons. The van der Waals surface area contributed by atoms with Crippen LogP contribution in [0.4, 0.5) is 9.18 Å². The third-order valence-electron chi connectivity index (χ3n) is 4.32. The minimum Gasteiger partial charge on any atom is -0.342 e. The summed E-state index contributed by atoms with van der Waals surface area (Å²) in [5.41, 5.74) is 2.32. The Labute approximate surface area is 157 Å². The molecule has 0 fully saturated rings. The molecule has 7 heteroatoms. The lowest BCUT2D eigenvalue weighted by molar-refractivity contribution is 0.240. The van der Waals surface area contributed by atoms with E-state index in [4.69, 9.17) is 0 Å². The summed E-state index contributed by atoms with van der Waals surface area (Å²) >= 11 is 0. The zero-order chi connectivity index (χ0) is 18.9. The summed E-state index contributed by atoms with van der Waals surface area (Å²) in [7, 11) is 0. The van der Waals surface area contributed by atoms with Gasteiger partial charge in [-0.3, -0.25) is 4.98 Å². The van der Waals surface area contributed by atoms with Gasteiger partial charge in [-0.25, -0.2) is 14.2 Å². The monoisotopic (exact) mass is 369 g/mol. The number of pyridine rings is 1. The van der Waals surface area contributed by atoms with Gasteiger partial charge in [-0.05, 0) is 37.1 Å². The second-order valence-electron chi connectivity index (χ2n) is 6.41. The molecule has 0 aliphatic heterocycles. The first-order valence-corrected chi connectivity index (χ1v) is 9.27. The predicted molar refractivity (Wildman–Crippen MR) is 103 cm³/mol. The Morgan fingerprint density at radius 2 is 1.89 bits per heavy atom. The van der Waals surface area contributed by atoms with E-state index in [0.717, 1.165) is 49.0 Å². The highest BCUT2D eigenvalue weighted by molar-refractivity contribution is 5.74. The number of carbonyl (C=O) groups is 1. The van der Waals surface area contributed by atoms with Crippen LogP contribution in [0, 0.1) is 5.82 Å². The fraction of sp³-hybridized carbons (Fsp3) is 0.350. The van der Waals surface area contributed by atoms with Crippen LogP contribution >= 0.6 is 0 Å². The van der Waals surface area contributed by atoms with Crippen molar-refractivity contribution < 1.29 is 9.18 Å². The molecule has 0 aliphatic rings. The van der Waals surface area contributed by atoms with E-state index in [1.807, 2.05) is 24.3 Å². The van der Waals surface area contributed by atoms with E-state index >= 15 is 0 Å². The van der Waals surface area contributed by atoms with Gasteiger partial charge in [0.1, 0.15) is 11.6 Å². The molecule has 2 heterocycles. The van der Waals surface area contributed by atoms with Crippen molar-refractivity contribution in [1.29, 1.82) is 0 Å². The van der Waals surface area contributed by atoms with E-state index < -0.39 is 5.82 Å². The van der Waals surface area contributed by atoms with Gasteiger partial charge >= 0.3 is 6.03 Å². The summed E-state index contributed by atoms with van der Waals surface area (Å²) in [6.07, 6.45) is 6.52. The van der Waals surface area contributed by atoms with Crippen molar-refractivity contribution in [1.82, 2.24) is 25.6 Å². The number of hydrogen-bond acceptors (Lipinski definition) is 3. The van der Waals surface area contributed by atoms with E-state index in [2.05, 4.69) is 25.6 Å². The molecule has 3 aromatic rings. The zero-order valence-corrected chi connectivity index (χ0v) is 15.2. The number of hydrogen-bond donors (Lipinski definition) is 3. The number of aryl methyl sites for hydroxylation is 1. The number of aromatic nitrogens is 3. The van der Waals surface area contributed by atoms with Gasteiger partial charge in [-0.2, -0.15) is 0 Å². The molecule has 0 spiro atoms. The standard InChI is InChI=1S/C20H24FN5O/c21-15-8-7-13-22-18(15)14-24-20(27)23-12-6-2-1-3-11-19-25-16-9-4-5-10-17(16)26-19/h4-5,7-10,13H,1-3,6,11-12,14H2,(H,25,26)(H2,23,24,27). The molecule has 2 amide bonds. The van der Waals surface area contributed by atoms with Crippen molar-refractivity contribution in [2.75, 3.05) is 6.54 Å². The number of unbranched alkanes of at least 4 members (excludes halogenated alkanes) is 3. The average molecular weight is 369 g/mol. The van der Waals surface area contributed by atoms with Crippen molar-refractivity contribution in [2.24, 2.45) is 0 Å². The zero-order valence-electron chi connectivity index (χ0n) is 15.2. The molecule has 0 radical (unpaired) electrons. The van der Waals surface area contributed by atoms with Crippen molar-refractivity contribution in [3.8, 4) is 0 Å². The maximum Gasteiger partial charge on any atom is 0.315 e. The molecule has 0 saturated carbocycles. The van der Waals surface area contributed by atoms with E-state index in [1.54, 1.807) is 0 Å². The number of halogens is 1. The quantitative estimate of drug-likeness (QED) is 0.503. The van der Waals surface area contributed by atoms with Crippen LogP contribution in [0.3, 0.4) is 0 Å². The summed E-state index contributed by atoms with van der Waals surface area (Å²) in [5.74, 6) is 0.609. The highest BCUT2D eigenvalue weighted by Crippen LogP contribution is 2.12. The maximum atomic E-state index is 13.4. The van der Waals surface area contributed by atoms with Gasteiger partial charge in [-0.1, -0.05) is 25.0 Å². The summed E-state index contributed by atoms with van der Waals surface area (Å²) in [4.78, 5) is 23.5. The van der Waals surface area contributed by atoms with Crippen molar-refractivity contribution in [3.63, 3.8) is 0 Å². The molecule has 6 nitrogen and oxygen atoms in total. The number of fused-ring (bicyclic) bond motifs is 1. The van der Waals surface area contributed by atoms with Crippen LogP contribution in [-0.2, 0) is 13.0 Å². The van der Waals surface area contributed by atoms with Gasteiger partial charge in [0.25, 0.3) is 0 Å². The largest absolute Gasteiger partial charge is 0.342 e. The van der Waals surface area contributed by atoms with E-state index in [0.29, 0.717) is 6.54 Å². The topological polar surface area (TPSA) is 82.7 Å². The summed E-state index contributed by atoms with van der Waals surface area (Å²) < 4.78 is 13.4. The van der Waals surface area contributed by atoms with Gasteiger partial charge in [0, 0.05) is 19.2 Å². The SMILES string of the molecule is O=C(NCCCCCCc1nc2ccccc2[nH]1)NCc1ncccc1F. The number of H-pyrrole nitrogens is 1. The van der Waals surface area contributed by atoms with Crippen LogP contribution in [0.15, 0.2) is 42.6 Å². The minimum atomic E-state index is -0.415. The molecular weight excluding hydrogens is 345 g/mol. The highest BCUT2D eigenvalue weighted by atomic mass is 19.1. The third kappa shape index (κ3) is 5.77. The molecular formula is C20H24FN5O. The molecule has 0 atom stereocenters. The van der Waals surface area contributed by atoms with Gasteiger partial charge in [-0.15, -0.1) is 0 Å². The third-order valence-corrected chi connectivity index (χ3v) is 4.32. The minimum absolute atomic E-state index is 0.0794. The average Bonchev–Trinajstić information content (AvgIpc) is 3.09. The second kappa shape index (κ2) is 9.66. The molecule has 2 aromatic heterocycles. The summed E-state index contributed by atoms with van der Waals surface area (Å²) in [5, 5.41) is 5.39. The Morgan fingerprint density at radius 3 is 2.74 bits per heavy atom. The Hall–Kier alpha value is -2.96. The fourth-order valence-electron chi connectivity index (χ4n) is 2.87. The van der Waals surface area contributed by atoms with E-state index in [1.165, 1.54) is 18.3 Å². The fourth-order valence-corrected chi connectivity index (χ4v) is 2.87. The Bertz CT molecular complexity index is 846. The van der Waals surface area contributed by atoms with Gasteiger partial charge in [0.15, 0.2) is 0 Å². The number of urea groups is 1. The van der Waals surface area contributed by atoms with Crippen molar-refractivity contribution in [3.05, 3.63) is 59.9 Å². The Kier molecular flexibility index (Phi) is 6.73. The van der Waals surface area contributed by atoms with E-state index in [9.17, 15) is 9.18 Å². The molecule has 27 heavy (non-hydrogen) atoms. The normalized spacial score (nSPS) is 10.9. The number of para-hydroxylation sites is 2. The van der Waals surface area contributed by atoms with Crippen LogP contribution in [-0.4, -0.2) is 27.5 Å². The first kappa shape index (κ1) is 18.8. The molecule has 0 unspecified atom stereocenters. The Morgan fingerprint density at radius 1 is 1.04 bits per heavy atom. The number of imidazole rings is 1. The summed E-state index contributed by atoms with van der Waals surface area (Å²) in [6, 6.07) is 10.6. The number of aromatic amines is 1. The van der Waals surface area contributed by atoms with Crippen molar-refractivity contribution >= 4 is 17.1 Å². The lowest BCUT2D eigenvalue weighted by Crippen LogP contribution is -2.35. The number of nitrogens with zero attached hydrogens (tertiary/aromatic N) is 2. The van der Waals surface area contributed by atoms with Crippen LogP contribution in [0.1, 0.15) is 37.2 Å². The van der Waals surface area contributed by atoms with Crippen LogP contribution in [0.5, 0.6) is 0 Å². The molecule has 0 saturated heterocycles.